The molecule has 1 amide bonds. The zero-order valence-electron chi connectivity index (χ0n) is 14.2. The number of nitrogens with one attached hydrogen (secondary N) is 1. The van der Waals surface area contributed by atoms with Crippen LogP contribution in [0, 0.1) is 5.82 Å². The molecule has 0 aliphatic carbocycles. The molecule has 0 aliphatic heterocycles. The molecule has 0 spiro atoms. The molecule has 0 aliphatic rings. The monoisotopic (exact) mass is 355 g/mol. The summed E-state index contributed by atoms with van der Waals surface area (Å²) in [5.74, 6) is -0.0694. The number of benzene rings is 2. The molecule has 0 saturated carbocycles. The van der Waals surface area contributed by atoms with Gasteiger partial charge in [-0.25, -0.2) is 4.39 Å². The molecule has 3 rings (SSSR count). The Labute approximate surface area is 150 Å². The Morgan fingerprint density at radius 2 is 2.04 bits per heavy atom. The summed E-state index contributed by atoms with van der Waals surface area (Å²) in [6.45, 7) is 2.68. The first kappa shape index (κ1) is 17.6. The van der Waals surface area contributed by atoms with Crippen LogP contribution in [-0.2, 0) is 0 Å². The van der Waals surface area contributed by atoms with Gasteiger partial charge in [-0.1, -0.05) is 30.6 Å². The van der Waals surface area contributed by atoms with Crippen LogP contribution in [0.4, 0.5) is 10.4 Å². The average Bonchev–Trinajstić information content (AvgIpc) is 3.11. The van der Waals surface area contributed by atoms with E-state index in [0.29, 0.717) is 23.5 Å². The number of unbranched alkanes of at least 4 members (excludes halogenated alkanes) is 1. The molecule has 1 heterocycles. The van der Waals surface area contributed by atoms with Gasteiger partial charge in [-0.05, 0) is 42.8 Å². The van der Waals surface area contributed by atoms with Crippen LogP contribution in [-0.4, -0.2) is 22.7 Å². The molecule has 1 N–H and O–H groups in total. The highest BCUT2D eigenvalue weighted by molar-refractivity contribution is 6.03. The van der Waals surface area contributed by atoms with E-state index in [1.54, 1.807) is 30.3 Å². The number of hydrogen-bond donors (Lipinski definition) is 1. The van der Waals surface area contributed by atoms with Gasteiger partial charge in [-0.15, -0.1) is 5.10 Å². The van der Waals surface area contributed by atoms with Crippen LogP contribution in [0.2, 0.25) is 0 Å². The SMILES string of the molecule is CCCCOc1cccc(C(=O)Nc2nnc(-c3cccc(F)c3)o2)c1. The Morgan fingerprint density at radius 3 is 2.85 bits per heavy atom. The zero-order valence-corrected chi connectivity index (χ0v) is 14.2. The van der Waals surface area contributed by atoms with Crippen LogP contribution >= 0.6 is 0 Å². The largest absolute Gasteiger partial charge is 0.494 e. The summed E-state index contributed by atoms with van der Waals surface area (Å²) in [6.07, 6.45) is 1.98. The van der Waals surface area contributed by atoms with Crippen LogP contribution in [0.3, 0.4) is 0 Å². The van der Waals surface area contributed by atoms with Crippen molar-refractivity contribution in [3.63, 3.8) is 0 Å². The molecule has 0 radical (unpaired) electrons. The van der Waals surface area contributed by atoms with Crippen LogP contribution in [0.5, 0.6) is 5.75 Å². The first-order chi connectivity index (χ1) is 12.7. The smallest absolute Gasteiger partial charge is 0.322 e. The fourth-order valence-electron chi connectivity index (χ4n) is 2.24. The molecule has 26 heavy (non-hydrogen) atoms. The van der Waals surface area contributed by atoms with Crippen molar-refractivity contribution >= 4 is 11.9 Å². The quantitative estimate of drug-likeness (QED) is 0.639. The number of rotatable bonds is 7. The van der Waals surface area contributed by atoms with Crippen molar-refractivity contribution in [2.45, 2.75) is 19.8 Å². The van der Waals surface area contributed by atoms with Gasteiger partial charge in [0.15, 0.2) is 0 Å². The lowest BCUT2D eigenvalue weighted by Crippen LogP contribution is -2.12. The predicted molar refractivity (Wildman–Crippen MR) is 94.5 cm³/mol. The summed E-state index contributed by atoms with van der Waals surface area (Å²) >= 11 is 0. The first-order valence-electron chi connectivity index (χ1n) is 8.29. The summed E-state index contributed by atoms with van der Waals surface area (Å²) in [6, 6.07) is 12.5. The molecule has 1 aromatic heterocycles. The number of amides is 1. The van der Waals surface area contributed by atoms with Gasteiger partial charge in [-0.3, -0.25) is 10.1 Å². The zero-order chi connectivity index (χ0) is 18.4. The fourth-order valence-corrected chi connectivity index (χ4v) is 2.24. The molecule has 2 aromatic carbocycles. The van der Waals surface area contributed by atoms with E-state index in [-0.39, 0.29) is 11.9 Å². The maximum atomic E-state index is 13.3. The number of ether oxygens (including phenoxy) is 1. The van der Waals surface area contributed by atoms with Gasteiger partial charge >= 0.3 is 6.01 Å². The molecule has 0 saturated heterocycles. The predicted octanol–water partition coefficient (Wildman–Crippen LogP) is 4.31. The summed E-state index contributed by atoms with van der Waals surface area (Å²) in [4.78, 5) is 12.3. The standard InChI is InChI=1S/C19H18FN3O3/c1-2-3-10-25-16-9-5-6-13(12-16)17(24)21-19-23-22-18(26-19)14-7-4-8-15(20)11-14/h4-9,11-12H,2-3,10H2,1H3,(H,21,23,24). The lowest BCUT2D eigenvalue weighted by molar-refractivity contribution is 0.102. The topological polar surface area (TPSA) is 77.2 Å². The lowest BCUT2D eigenvalue weighted by atomic mass is 10.2. The third-order valence-corrected chi connectivity index (χ3v) is 3.58. The van der Waals surface area contributed by atoms with Crippen molar-refractivity contribution in [2.24, 2.45) is 0 Å². The number of carbonyl (C=O) groups is 1. The van der Waals surface area contributed by atoms with Gasteiger partial charge in [0.25, 0.3) is 5.91 Å². The normalized spacial score (nSPS) is 10.5. The van der Waals surface area contributed by atoms with Crippen molar-refractivity contribution in [3.05, 3.63) is 59.9 Å². The van der Waals surface area contributed by atoms with Crippen LogP contribution in [0.15, 0.2) is 52.9 Å². The van der Waals surface area contributed by atoms with E-state index < -0.39 is 11.7 Å². The van der Waals surface area contributed by atoms with E-state index in [4.69, 9.17) is 9.15 Å². The van der Waals surface area contributed by atoms with E-state index in [1.807, 2.05) is 0 Å². The van der Waals surface area contributed by atoms with Crippen molar-refractivity contribution in [3.8, 4) is 17.2 Å². The minimum absolute atomic E-state index is 0.0634. The van der Waals surface area contributed by atoms with Gasteiger partial charge in [0.1, 0.15) is 11.6 Å². The van der Waals surface area contributed by atoms with Gasteiger partial charge < -0.3 is 9.15 Å². The number of hydrogen-bond acceptors (Lipinski definition) is 5. The molecule has 0 unspecified atom stereocenters. The second kappa shape index (κ2) is 8.24. The second-order valence-corrected chi connectivity index (χ2v) is 5.61. The number of carbonyl (C=O) groups excluding carboxylic acids is 1. The average molecular weight is 355 g/mol. The minimum Gasteiger partial charge on any atom is -0.494 e. The Hall–Kier alpha value is -3.22. The number of anilines is 1. The van der Waals surface area contributed by atoms with Gasteiger partial charge in [0.2, 0.25) is 5.89 Å². The van der Waals surface area contributed by atoms with E-state index >= 15 is 0 Å². The molecule has 3 aromatic rings. The lowest BCUT2D eigenvalue weighted by Gasteiger charge is -2.07. The summed E-state index contributed by atoms with van der Waals surface area (Å²) in [5, 5.41) is 10.1. The second-order valence-electron chi connectivity index (χ2n) is 5.61. The molecule has 6 nitrogen and oxygen atoms in total. The molecule has 0 bridgehead atoms. The number of nitrogens with zero attached hydrogens (tertiary/aromatic N) is 2. The highest BCUT2D eigenvalue weighted by Crippen LogP contribution is 2.21. The van der Waals surface area contributed by atoms with E-state index in [0.717, 1.165) is 12.8 Å². The van der Waals surface area contributed by atoms with Crippen LogP contribution in [0.25, 0.3) is 11.5 Å². The highest BCUT2D eigenvalue weighted by Gasteiger charge is 2.13. The Balaban J connectivity index is 1.68. The minimum atomic E-state index is -0.411. The van der Waals surface area contributed by atoms with Crippen molar-refractivity contribution in [2.75, 3.05) is 11.9 Å². The van der Waals surface area contributed by atoms with Crippen molar-refractivity contribution in [1.82, 2.24) is 10.2 Å². The van der Waals surface area contributed by atoms with Gasteiger partial charge in [0.05, 0.1) is 6.61 Å². The van der Waals surface area contributed by atoms with Gasteiger partial charge in [-0.2, -0.15) is 0 Å². The molecule has 7 heteroatoms. The third kappa shape index (κ3) is 4.44. The molecular formula is C19H18FN3O3. The molecule has 0 atom stereocenters. The van der Waals surface area contributed by atoms with Crippen molar-refractivity contribution < 1.29 is 18.3 Å². The van der Waals surface area contributed by atoms with Crippen molar-refractivity contribution in [1.29, 1.82) is 0 Å². The number of halogens is 1. The summed E-state index contributed by atoms with van der Waals surface area (Å²) < 4.78 is 24.2. The fraction of sp³-hybridized carbons (Fsp3) is 0.211. The third-order valence-electron chi connectivity index (χ3n) is 3.58. The highest BCUT2D eigenvalue weighted by atomic mass is 19.1. The van der Waals surface area contributed by atoms with Crippen LogP contribution < -0.4 is 10.1 Å². The maximum absolute atomic E-state index is 13.3. The van der Waals surface area contributed by atoms with Gasteiger partial charge in [0, 0.05) is 11.1 Å². The summed E-state index contributed by atoms with van der Waals surface area (Å²) in [7, 11) is 0. The molecule has 0 fully saturated rings. The summed E-state index contributed by atoms with van der Waals surface area (Å²) in [5.41, 5.74) is 0.842. The number of aromatic nitrogens is 2. The Morgan fingerprint density at radius 1 is 1.19 bits per heavy atom. The van der Waals surface area contributed by atoms with E-state index in [1.165, 1.54) is 18.2 Å². The Kier molecular flexibility index (Phi) is 5.58. The molecule has 134 valence electrons. The van der Waals surface area contributed by atoms with E-state index in [9.17, 15) is 9.18 Å². The maximum Gasteiger partial charge on any atom is 0.322 e. The Bertz CT molecular complexity index is 895. The molecular weight excluding hydrogens is 337 g/mol. The first-order valence-corrected chi connectivity index (χ1v) is 8.29. The van der Waals surface area contributed by atoms with Crippen LogP contribution in [0.1, 0.15) is 30.1 Å². The van der Waals surface area contributed by atoms with E-state index in [2.05, 4.69) is 22.4 Å².